The van der Waals surface area contributed by atoms with Gasteiger partial charge in [0, 0.05) is 0 Å². The summed E-state index contributed by atoms with van der Waals surface area (Å²) < 4.78 is 0. The van der Waals surface area contributed by atoms with Gasteiger partial charge in [0.05, 0.1) is 0 Å². The maximum Gasteiger partial charge on any atom is 0.216 e. The molecule has 2 nitrogen and oxygen atoms in total. The monoisotopic (exact) mass is 176 g/mol. The predicted molar refractivity (Wildman–Crippen MR) is 46.2 cm³/mol. The van der Waals surface area contributed by atoms with Crippen LogP contribution in [0.1, 0.15) is 0 Å². The first-order chi connectivity index (χ1) is 4.66. The molecule has 54 valence electrons. The fraction of sp³-hybridized carbons (Fsp3) is 0. The SMILES string of the molecule is C=C/C=C/C(Cl)=NC(=N)Cl. The summed E-state index contributed by atoms with van der Waals surface area (Å²) in [6.07, 6.45) is 4.65. The van der Waals surface area contributed by atoms with Gasteiger partial charge in [-0.1, -0.05) is 30.3 Å². The van der Waals surface area contributed by atoms with Gasteiger partial charge >= 0.3 is 0 Å². The average molecular weight is 177 g/mol. The van der Waals surface area contributed by atoms with Crippen LogP contribution in [0, 0.1) is 5.41 Å². The molecule has 0 saturated carbocycles. The van der Waals surface area contributed by atoms with Crippen molar-refractivity contribution in [3.63, 3.8) is 0 Å². The van der Waals surface area contributed by atoms with Crippen LogP contribution in [0.25, 0.3) is 0 Å². The first-order valence-corrected chi connectivity index (χ1v) is 3.19. The Labute approximate surface area is 69.4 Å². The van der Waals surface area contributed by atoms with Crippen molar-refractivity contribution >= 4 is 33.7 Å². The van der Waals surface area contributed by atoms with Gasteiger partial charge in [-0.3, -0.25) is 5.41 Å². The van der Waals surface area contributed by atoms with Crippen LogP contribution in [0.15, 0.2) is 29.8 Å². The van der Waals surface area contributed by atoms with E-state index in [1.807, 2.05) is 0 Å². The number of amidine groups is 1. The molecule has 0 aliphatic carbocycles. The Bertz CT molecular complexity index is 194. The lowest BCUT2D eigenvalue weighted by atomic mass is 10.5. The number of hydrogen-bond donors (Lipinski definition) is 1. The number of allylic oxidation sites excluding steroid dienone is 3. The van der Waals surface area contributed by atoms with E-state index in [4.69, 9.17) is 28.6 Å². The highest BCUT2D eigenvalue weighted by molar-refractivity contribution is 6.72. The van der Waals surface area contributed by atoms with E-state index in [0.717, 1.165) is 0 Å². The van der Waals surface area contributed by atoms with Crippen LogP contribution in [0.5, 0.6) is 0 Å². The Kier molecular flexibility index (Phi) is 4.89. The van der Waals surface area contributed by atoms with Gasteiger partial charge in [-0.05, 0) is 17.7 Å². The van der Waals surface area contributed by atoms with Crippen molar-refractivity contribution in [3.05, 3.63) is 24.8 Å². The number of nitrogens with one attached hydrogen (secondary N) is 1. The maximum absolute atomic E-state index is 6.69. The number of nitrogens with zero attached hydrogens (tertiary/aromatic N) is 1. The summed E-state index contributed by atoms with van der Waals surface area (Å²) in [5.74, 6) is 0. The van der Waals surface area contributed by atoms with Crippen molar-refractivity contribution in [2.24, 2.45) is 4.99 Å². The fourth-order valence-electron chi connectivity index (χ4n) is 0.278. The number of hydrogen-bond acceptors (Lipinski definition) is 1. The van der Waals surface area contributed by atoms with E-state index in [1.54, 1.807) is 12.2 Å². The molecule has 0 aliphatic rings. The molecule has 4 heteroatoms. The minimum absolute atomic E-state index is 0.167. The normalized spacial score (nSPS) is 12.0. The average Bonchev–Trinajstić information content (AvgIpc) is 1.82. The van der Waals surface area contributed by atoms with E-state index in [0.29, 0.717) is 0 Å². The van der Waals surface area contributed by atoms with Crippen molar-refractivity contribution in [1.29, 1.82) is 5.41 Å². The van der Waals surface area contributed by atoms with Gasteiger partial charge < -0.3 is 0 Å². The molecule has 0 rings (SSSR count). The van der Waals surface area contributed by atoms with Crippen LogP contribution in [0.2, 0.25) is 0 Å². The smallest absolute Gasteiger partial charge is 0.216 e. The summed E-state index contributed by atoms with van der Waals surface area (Å²) in [5.41, 5.74) is 0. The van der Waals surface area contributed by atoms with Crippen molar-refractivity contribution < 1.29 is 0 Å². The molecule has 0 unspecified atom stereocenters. The molecule has 1 N–H and O–H groups in total. The summed E-state index contributed by atoms with van der Waals surface area (Å²) in [6, 6.07) is 0. The number of aliphatic imine (C=N–C) groups is 1. The Morgan fingerprint density at radius 1 is 1.50 bits per heavy atom. The fourth-order valence-corrected chi connectivity index (χ4v) is 0.570. The number of halogens is 2. The Hall–Kier alpha value is -0.600. The van der Waals surface area contributed by atoms with Crippen molar-refractivity contribution in [1.82, 2.24) is 0 Å². The summed E-state index contributed by atoms with van der Waals surface area (Å²) >= 11 is 10.5. The van der Waals surface area contributed by atoms with Crippen LogP contribution in [-0.4, -0.2) is 10.5 Å². The van der Waals surface area contributed by atoms with E-state index in [1.165, 1.54) is 6.08 Å². The van der Waals surface area contributed by atoms with E-state index in [9.17, 15) is 0 Å². The topological polar surface area (TPSA) is 36.2 Å². The van der Waals surface area contributed by atoms with Crippen molar-refractivity contribution in [2.75, 3.05) is 0 Å². The van der Waals surface area contributed by atoms with Gasteiger partial charge in [0.1, 0.15) is 5.17 Å². The molecule has 0 aromatic rings. The largest absolute Gasteiger partial charge is 0.272 e. The standard InChI is InChI=1S/C6H6Cl2N2/c1-2-3-4-5(7)10-6(8)9/h2-4,9H,1H2/b4-3+,9-6?,10-5?. The highest BCUT2D eigenvalue weighted by atomic mass is 35.5. The molecule has 0 aromatic heterocycles. The van der Waals surface area contributed by atoms with Crippen molar-refractivity contribution in [3.8, 4) is 0 Å². The molecule has 0 radical (unpaired) electrons. The summed E-state index contributed by atoms with van der Waals surface area (Å²) in [5, 5.41) is 6.53. The van der Waals surface area contributed by atoms with E-state index in [2.05, 4.69) is 11.6 Å². The van der Waals surface area contributed by atoms with Crippen molar-refractivity contribution in [2.45, 2.75) is 0 Å². The van der Waals surface area contributed by atoms with Gasteiger partial charge in [0.15, 0.2) is 0 Å². The van der Waals surface area contributed by atoms with E-state index in [-0.39, 0.29) is 10.5 Å². The molecule has 0 aromatic carbocycles. The quantitative estimate of drug-likeness (QED) is 0.291. The summed E-state index contributed by atoms with van der Waals surface area (Å²) in [7, 11) is 0. The molecule has 0 amide bonds. The van der Waals surface area contributed by atoms with Crippen LogP contribution in [-0.2, 0) is 0 Å². The van der Waals surface area contributed by atoms with Gasteiger partial charge in [-0.15, -0.1) is 0 Å². The van der Waals surface area contributed by atoms with Crippen LogP contribution in [0.3, 0.4) is 0 Å². The molecular formula is C6H6Cl2N2. The van der Waals surface area contributed by atoms with Gasteiger partial charge in [-0.2, -0.15) is 0 Å². The third-order valence-corrected chi connectivity index (χ3v) is 0.870. The molecule has 0 heterocycles. The highest BCUT2D eigenvalue weighted by Crippen LogP contribution is 1.92. The lowest BCUT2D eigenvalue weighted by Gasteiger charge is -1.83. The van der Waals surface area contributed by atoms with Crippen LogP contribution >= 0.6 is 23.2 Å². The van der Waals surface area contributed by atoms with Gasteiger partial charge in [-0.25, -0.2) is 4.99 Å². The van der Waals surface area contributed by atoms with Gasteiger partial charge in [0.2, 0.25) is 5.29 Å². The maximum atomic E-state index is 6.69. The summed E-state index contributed by atoms with van der Waals surface area (Å²) in [4.78, 5) is 3.41. The van der Waals surface area contributed by atoms with Crippen LogP contribution < -0.4 is 0 Å². The second-order valence-corrected chi connectivity index (χ2v) is 2.07. The molecular weight excluding hydrogens is 171 g/mol. The zero-order chi connectivity index (χ0) is 7.98. The van der Waals surface area contributed by atoms with E-state index < -0.39 is 0 Å². The molecule has 0 fully saturated rings. The Balaban J connectivity index is 4.06. The zero-order valence-electron chi connectivity index (χ0n) is 5.14. The van der Waals surface area contributed by atoms with E-state index >= 15 is 0 Å². The molecule has 0 atom stereocenters. The second kappa shape index (κ2) is 5.21. The second-order valence-electron chi connectivity index (χ2n) is 1.32. The lowest BCUT2D eigenvalue weighted by molar-refractivity contribution is 1.50. The highest BCUT2D eigenvalue weighted by Gasteiger charge is 1.86. The van der Waals surface area contributed by atoms with Gasteiger partial charge in [0.25, 0.3) is 0 Å². The zero-order valence-corrected chi connectivity index (χ0v) is 6.65. The van der Waals surface area contributed by atoms with Crippen LogP contribution in [0.4, 0.5) is 0 Å². The Morgan fingerprint density at radius 3 is 2.50 bits per heavy atom. The third kappa shape index (κ3) is 5.54. The molecule has 10 heavy (non-hydrogen) atoms. The molecule has 0 saturated heterocycles. The minimum Gasteiger partial charge on any atom is -0.272 e. The lowest BCUT2D eigenvalue weighted by Crippen LogP contribution is -1.83. The molecule has 0 bridgehead atoms. The predicted octanol–water partition coefficient (Wildman–Crippen LogP) is 2.54. The number of rotatable bonds is 2. The minimum atomic E-state index is -0.335. The first kappa shape index (κ1) is 9.40. The Morgan fingerprint density at radius 2 is 2.10 bits per heavy atom. The molecule has 0 aliphatic heterocycles. The third-order valence-electron chi connectivity index (χ3n) is 0.575. The summed E-state index contributed by atoms with van der Waals surface area (Å²) in [6.45, 7) is 3.42. The molecule has 0 spiro atoms. The first-order valence-electron chi connectivity index (χ1n) is 2.44.